The minimum Gasteiger partial charge on any atom is -0.475 e. The summed E-state index contributed by atoms with van der Waals surface area (Å²) in [5.74, 6) is -0.174. The Bertz CT molecular complexity index is 509. The standard InChI is InChI=1S/C11H10N2O5/c1-17-11(14)9-6-18-10(12-9)7-2-4-8(5-3-7)13(15)16/h2-5,9H,6H2,1H3. The zero-order valence-corrected chi connectivity index (χ0v) is 9.53. The van der Waals surface area contributed by atoms with E-state index in [9.17, 15) is 14.9 Å². The summed E-state index contributed by atoms with van der Waals surface area (Å²) in [6.45, 7) is 0.124. The summed E-state index contributed by atoms with van der Waals surface area (Å²) in [6.07, 6.45) is 0. The van der Waals surface area contributed by atoms with Gasteiger partial charge in [0, 0.05) is 17.7 Å². The van der Waals surface area contributed by atoms with Gasteiger partial charge in [-0.3, -0.25) is 10.1 Å². The summed E-state index contributed by atoms with van der Waals surface area (Å²) in [5.41, 5.74) is 0.578. The first-order chi connectivity index (χ1) is 8.61. The van der Waals surface area contributed by atoms with Crippen LogP contribution >= 0.6 is 0 Å². The number of aliphatic imine (C=N–C) groups is 1. The van der Waals surface area contributed by atoms with Crippen molar-refractivity contribution >= 4 is 17.6 Å². The maximum absolute atomic E-state index is 11.2. The largest absolute Gasteiger partial charge is 0.475 e. The van der Waals surface area contributed by atoms with Gasteiger partial charge >= 0.3 is 5.97 Å². The first-order valence-corrected chi connectivity index (χ1v) is 5.15. The Kier molecular flexibility index (Phi) is 3.22. The maximum atomic E-state index is 11.2. The topological polar surface area (TPSA) is 91.0 Å². The Morgan fingerprint density at radius 3 is 2.72 bits per heavy atom. The van der Waals surface area contributed by atoms with Crippen LogP contribution in [0.4, 0.5) is 5.69 Å². The summed E-state index contributed by atoms with van der Waals surface area (Å²) in [4.78, 5) is 25.3. The third-order valence-corrected chi connectivity index (χ3v) is 2.45. The number of ether oxygens (including phenoxy) is 2. The van der Waals surface area contributed by atoms with Crippen LogP contribution in [0.5, 0.6) is 0 Å². The molecule has 1 aromatic carbocycles. The molecule has 0 radical (unpaired) electrons. The second kappa shape index (κ2) is 4.82. The molecule has 0 spiro atoms. The number of esters is 1. The molecule has 1 aliphatic heterocycles. The Hall–Kier alpha value is -2.44. The highest BCUT2D eigenvalue weighted by Gasteiger charge is 2.27. The molecule has 94 valence electrons. The van der Waals surface area contributed by atoms with Crippen LogP contribution < -0.4 is 0 Å². The van der Waals surface area contributed by atoms with Crippen LogP contribution in [-0.2, 0) is 14.3 Å². The van der Waals surface area contributed by atoms with Crippen molar-refractivity contribution in [3.8, 4) is 0 Å². The van der Waals surface area contributed by atoms with Gasteiger partial charge in [0.15, 0.2) is 6.04 Å². The Morgan fingerprint density at radius 2 is 2.17 bits per heavy atom. The van der Waals surface area contributed by atoms with Crippen molar-refractivity contribution in [3.63, 3.8) is 0 Å². The number of nitrogens with zero attached hydrogens (tertiary/aromatic N) is 2. The number of non-ortho nitro benzene ring substituents is 1. The summed E-state index contributed by atoms with van der Waals surface area (Å²) >= 11 is 0. The fourth-order valence-corrected chi connectivity index (χ4v) is 1.51. The predicted octanol–water partition coefficient (Wildman–Crippen LogP) is 0.913. The quantitative estimate of drug-likeness (QED) is 0.451. The summed E-state index contributed by atoms with van der Waals surface area (Å²) in [5, 5.41) is 10.5. The minimum atomic E-state index is -0.666. The van der Waals surface area contributed by atoms with E-state index in [1.807, 2.05) is 0 Å². The Labute approximate surface area is 102 Å². The fourth-order valence-electron chi connectivity index (χ4n) is 1.51. The molecule has 7 heteroatoms. The molecule has 0 N–H and O–H groups in total. The molecular formula is C11H10N2O5. The lowest BCUT2D eigenvalue weighted by Crippen LogP contribution is -2.21. The zero-order valence-electron chi connectivity index (χ0n) is 9.53. The summed E-state index contributed by atoms with van der Waals surface area (Å²) in [7, 11) is 1.28. The van der Waals surface area contributed by atoms with Crippen molar-refractivity contribution in [2.24, 2.45) is 4.99 Å². The van der Waals surface area contributed by atoms with Crippen LogP contribution in [0.1, 0.15) is 5.56 Å². The van der Waals surface area contributed by atoms with Crippen molar-refractivity contribution in [3.05, 3.63) is 39.9 Å². The number of nitro benzene ring substituents is 1. The van der Waals surface area contributed by atoms with E-state index in [1.165, 1.54) is 31.4 Å². The summed E-state index contributed by atoms with van der Waals surface area (Å²) < 4.78 is 9.81. The van der Waals surface area contributed by atoms with Crippen LogP contribution in [0.2, 0.25) is 0 Å². The maximum Gasteiger partial charge on any atom is 0.334 e. The zero-order chi connectivity index (χ0) is 13.1. The Balaban J connectivity index is 2.18. The second-order valence-electron chi connectivity index (χ2n) is 3.59. The molecule has 7 nitrogen and oxygen atoms in total. The fraction of sp³-hybridized carbons (Fsp3) is 0.273. The van der Waals surface area contributed by atoms with E-state index in [4.69, 9.17) is 4.74 Å². The molecule has 0 bridgehead atoms. The molecule has 1 aromatic rings. The molecule has 0 saturated heterocycles. The third-order valence-electron chi connectivity index (χ3n) is 2.45. The van der Waals surface area contributed by atoms with Crippen molar-refractivity contribution in [1.29, 1.82) is 0 Å². The summed E-state index contributed by atoms with van der Waals surface area (Å²) in [6, 6.07) is 5.09. The molecule has 0 aromatic heterocycles. The van der Waals surface area contributed by atoms with Crippen molar-refractivity contribution in [2.75, 3.05) is 13.7 Å². The van der Waals surface area contributed by atoms with Gasteiger partial charge in [-0.2, -0.15) is 0 Å². The number of carbonyl (C=O) groups is 1. The van der Waals surface area contributed by atoms with Gasteiger partial charge in [0.1, 0.15) is 6.61 Å². The highest BCUT2D eigenvalue weighted by atomic mass is 16.6. The lowest BCUT2D eigenvalue weighted by atomic mass is 10.2. The molecule has 2 rings (SSSR count). The van der Waals surface area contributed by atoms with Crippen LogP contribution in [0, 0.1) is 10.1 Å². The minimum absolute atomic E-state index is 0.0122. The Morgan fingerprint density at radius 1 is 1.50 bits per heavy atom. The van der Waals surface area contributed by atoms with Crippen molar-refractivity contribution < 1.29 is 19.2 Å². The van der Waals surface area contributed by atoms with Crippen LogP contribution in [0.15, 0.2) is 29.3 Å². The highest BCUT2D eigenvalue weighted by Crippen LogP contribution is 2.16. The van der Waals surface area contributed by atoms with Gasteiger partial charge in [-0.15, -0.1) is 0 Å². The molecule has 0 amide bonds. The van der Waals surface area contributed by atoms with Crippen LogP contribution in [-0.4, -0.2) is 36.5 Å². The van der Waals surface area contributed by atoms with E-state index in [0.717, 1.165) is 0 Å². The first-order valence-electron chi connectivity index (χ1n) is 5.15. The van der Waals surface area contributed by atoms with Gasteiger partial charge in [-0.25, -0.2) is 9.79 Å². The van der Waals surface area contributed by atoms with Crippen LogP contribution in [0.3, 0.4) is 0 Å². The number of benzene rings is 1. The number of rotatable bonds is 3. The number of hydrogen-bond acceptors (Lipinski definition) is 6. The molecule has 1 heterocycles. The SMILES string of the molecule is COC(=O)C1COC(c2ccc([N+](=O)[O-])cc2)=N1. The van der Waals surface area contributed by atoms with Crippen LogP contribution in [0.25, 0.3) is 0 Å². The third kappa shape index (κ3) is 2.29. The van der Waals surface area contributed by atoms with Gasteiger partial charge in [0.05, 0.1) is 12.0 Å². The van der Waals surface area contributed by atoms with Gasteiger partial charge in [0.2, 0.25) is 5.90 Å². The molecular weight excluding hydrogens is 240 g/mol. The van der Waals surface area contributed by atoms with Gasteiger partial charge in [-0.05, 0) is 12.1 Å². The van der Waals surface area contributed by atoms with E-state index < -0.39 is 16.9 Å². The van der Waals surface area contributed by atoms with E-state index in [0.29, 0.717) is 11.5 Å². The molecule has 0 aliphatic carbocycles. The van der Waals surface area contributed by atoms with E-state index in [-0.39, 0.29) is 12.3 Å². The van der Waals surface area contributed by atoms with Gasteiger partial charge < -0.3 is 9.47 Å². The second-order valence-corrected chi connectivity index (χ2v) is 3.59. The normalized spacial score (nSPS) is 17.8. The molecule has 0 saturated carbocycles. The van der Waals surface area contributed by atoms with Gasteiger partial charge in [0.25, 0.3) is 5.69 Å². The first kappa shape index (κ1) is 12.0. The molecule has 1 aliphatic rings. The molecule has 1 unspecified atom stereocenters. The van der Waals surface area contributed by atoms with E-state index >= 15 is 0 Å². The van der Waals surface area contributed by atoms with Crippen molar-refractivity contribution in [1.82, 2.24) is 0 Å². The lowest BCUT2D eigenvalue weighted by Gasteiger charge is -2.00. The number of methoxy groups -OCH3 is 1. The van der Waals surface area contributed by atoms with E-state index in [1.54, 1.807) is 0 Å². The van der Waals surface area contributed by atoms with Crippen molar-refractivity contribution in [2.45, 2.75) is 6.04 Å². The lowest BCUT2D eigenvalue weighted by molar-refractivity contribution is -0.384. The smallest absolute Gasteiger partial charge is 0.334 e. The molecule has 0 fully saturated rings. The monoisotopic (exact) mass is 250 g/mol. The number of carbonyl (C=O) groups excluding carboxylic acids is 1. The van der Waals surface area contributed by atoms with E-state index in [2.05, 4.69) is 9.73 Å². The average molecular weight is 250 g/mol. The average Bonchev–Trinajstić information content (AvgIpc) is 2.87. The van der Waals surface area contributed by atoms with Gasteiger partial charge in [-0.1, -0.05) is 0 Å². The highest BCUT2D eigenvalue weighted by molar-refractivity contribution is 5.97. The number of nitro groups is 1. The predicted molar refractivity (Wildman–Crippen MR) is 61.4 cm³/mol. The molecule has 18 heavy (non-hydrogen) atoms. The molecule has 1 atom stereocenters. The number of hydrogen-bond donors (Lipinski definition) is 0.